The van der Waals surface area contributed by atoms with Crippen LogP contribution in [0.1, 0.15) is 39.8 Å². The topological polar surface area (TPSA) is 49.0 Å². The first-order chi connectivity index (χ1) is 10.8. The Bertz CT molecular complexity index is 682. The molecule has 1 aliphatic carbocycles. The largest absolute Gasteiger partial charge is 0.329 e. The van der Waals surface area contributed by atoms with Crippen LogP contribution in [-0.4, -0.2) is 39.1 Å². The van der Waals surface area contributed by atoms with Crippen LogP contribution in [0.25, 0.3) is 0 Å². The fourth-order valence-electron chi connectivity index (χ4n) is 3.43. The maximum absolute atomic E-state index is 13.0. The SMILES string of the molecule is O=C(c1n[nH]c2c1CCC2)N1CCSC[C@H]1c1ccccc1. The van der Waals surface area contributed by atoms with E-state index in [1.165, 1.54) is 5.56 Å². The van der Waals surface area contributed by atoms with Crippen molar-refractivity contribution in [1.29, 1.82) is 0 Å². The zero-order valence-electron chi connectivity index (χ0n) is 12.4. The summed E-state index contributed by atoms with van der Waals surface area (Å²) < 4.78 is 0. The minimum atomic E-state index is 0.0913. The molecule has 0 unspecified atom stereocenters. The molecule has 114 valence electrons. The molecule has 1 atom stereocenters. The fraction of sp³-hybridized carbons (Fsp3) is 0.412. The van der Waals surface area contributed by atoms with E-state index in [1.54, 1.807) is 0 Å². The van der Waals surface area contributed by atoms with Gasteiger partial charge in [-0.05, 0) is 24.8 Å². The van der Waals surface area contributed by atoms with E-state index in [9.17, 15) is 4.79 Å². The highest BCUT2D eigenvalue weighted by atomic mass is 32.2. The van der Waals surface area contributed by atoms with Gasteiger partial charge in [-0.25, -0.2) is 0 Å². The van der Waals surface area contributed by atoms with Gasteiger partial charge in [0.25, 0.3) is 5.91 Å². The lowest BCUT2D eigenvalue weighted by Gasteiger charge is -2.35. The van der Waals surface area contributed by atoms with Gasteiger partial charge in [-0.2, -0.15) is 16.9 Å². The van der Waals surface area contributed by atoms with Crippen molar-refractivity contribution in [2.24, 2.45) is 0 Å². The Balaban J connectivity index is 1.65. The number of thioether (sulfide) groups is 1. The number of benzene rings is 1. The molecule has 2 heterocycles. The number of aromatic nitrogens is 2. The smallest absolute Gasteiger partial charge is 0.275 e. The van der Waals surface area contributed by atoms with Crippen molar-refractivity contribution in [3.05, 3.63) is 52.8 Å². The number of nitrogens with one attached hydrogen (secondary N) is 1. The van der Waals surface area contributed by atoms with E-state index in [4.69, 9.17) is 0 Å². The lowest BCUT2D eigenvalue weighted by molar-refractivity contribution is 0.0694. The van der Waals surface area contributed by atoms with E-state index in [1.807, 2.05) is 34.9 Å². The summed E-state index contributed by atoms with van der Waals surface area (Å²) in [6.07, 6.45) is 3.13. The number of hydrogen-bond acceptors (Lipinski definition) is 3. The second-order valence-corrected chi connectivity index (χ2v) is 7.03. The van der Waals surface area contributed by atoms with Gasteiger partial charge in [0, 0.05) is 29.3 Å². The first kappa shape index (κ1) is 13.9. The number of aryl methyl sites for hydroxylation is 1. The summed E-state index contributed by atoms with van der Waals surface area (Å²) in [6.45, 7) is 0.796. The Morgan fingerprint density at radius 1 is 1.27 bits per heavy atom. The monoisotopic (exact) mass is 313 g/mol. The summed E-state index contributed by atoms with van der Waals surface area (Å²) in [5.74, 6) is 2.05. The highest BCUT2D eigenvalue weighted by Gasteiger charge is 2.32. The highest BCUT2D eigenvalue weighted by molar-refractivity contribution is 7.99. The molecule has 4 rings (SSSR count). The van der Waals surface area contributed by atoms with E-state index in [0.717, 1.165) is 48.6 Å². The molecule has 0 saturated carbocycles. The van der Waals surface area contributed by atoms with E-state index < -0.39 is 0 Å². The molecule has 1 saturated heterocycles. The average molecular weight is 313 g/mol. The number of aromatic amines is 1. The standard InChI is InChI=1S/C17H19N3OS/c21-17(16-13-7-4-8-14(13)18-19-16)20-9-10-22-11-15(20)12-5-2-1-3-6-12/h1-3,5-6,15H,4,7-11H2,(H,18,19)/t15-/m0/s1. The van der Waals surface area contributed by atoms with Crippen LogP contribution in [0, 0.1) is 0 Å². The third-order valence-corrected chi connectivity index (χ3v) is 5.61. The van der Waals surface area contributed by atoms with Gasteiger partial charge in [0.2, 0.25) is 0 Å². The van der Waals surface area contributed by atoms with Gasteiger partial charge in [0.1, 0.15) is 0 Å². The Kier molecular flexibility index (Phi) is 3.66. The van der Waals surface area contributed by atoms with Gasteiger partial charge in [-0.3, -0.25) is 9.89 Å². The molecular weight excluding hydrogens is 294 g/mol. The molecule has 0 spiro atoms. The summed E-state index contributed by atoms with van der Waals surface area (Å²) in [4.78, 5) is 15.1. The predicted octanol–water partition coefficient (Wildman–Crippen LogP) is 2.83. The third-order valence-electron chi connectivity index (χ3n) is 4.58. The number of fused-ring (bicyclic) bond motifs is 1. The van der Waals surface area contributed by atoms with Crippen LogP contribution < -0.4 is 0 Å². The minimum Gasteiger partial charge on any atom is -0.329 e. The van der Waals surface area contributed by atoms with Crippen molar-refractivity contribution in [3.8, 4) is 0 Å². The van der Waals surface area contributed by atoms with Gasteiger partial charge in [0.05, 0.1) is 6.04 Å². The first-order valence-corrected chi connectivity index (χ1v) is 9.00. The number of H-pyrrole nitrogens is 1. The summed E-state index contributed by atoms with van der Waals surface area (Å²) in [5.41, 5.74) is 4.18. The Morgan fingerprint density at radius 2 is 2.14 bits per heavy atom. The predicted molar refractivity (Wildman–Crippen MR) is 88.2 cm³/mol. The Hall–Kier alpha value is -1.75. The molecule has 1 N–H and O–H groups in total. The second-order valence-electron chi connectivity index (χ2n) is 5.88. The summed E-state index contributed by atoms with van der Waals surface area (Å²) in [7, 11) is 0. The molecule has 1 aliphatic heterocycles. The zero-order chi connectivity index (χ0) is 14.9. The lowest BCUT2D eigenvalue weighted by atomic mass is 10.1. The minimum absolute atomic E-state index is 0.0913. The number of nitrogens with zero attached hydrogens (tertiary/aromatic N) is 2. The maximum atomic E-state index is 13.0. The molecular formula is C17H19N3OS. The van der Waals surface area contributed by atoms with E-state index >= 15 is 0 Å². The molecule has 2 aliphatic rings. The molecule has 1 aromatic heterocycles. The van der Waals surface area contributed by atoms with Crippen molar-refractivity contribution in [2.75, 3.05) is 18.1 Å². The molecule has 5 heteroatoms. The molecule has 22 heavy (non-hydrogen) atoms. The van der Waals surface area contributed by atoms with Crippen molar-refractivity contribution in [2.45, 2.75) is 25.3 Å². The number of hydrogen-bond donors (Lipinski definition) is 1. The van der Waals surface area contributed by atoms with Crippen LogP contribution in [0.2, 0.25) is 0 Å². The summed E-state index contributed by atoms with van der Waals surface area (Å²) in [5, 5.41) is 7.38. The van der Waals surface area contributed by atoms with Gasteiger partial charge in [-0.15, -0.1) is 0 Å². The van der Waals surface area contributed by atoms with E-state index in [0.29, 0.717) is 5.69 Å². The van der Waals surface area contributed by atoms with Gasteiger partial charge in [0.15, 0.2) is 5.69 Å². The van der Waals surface area contributed by atoms with Crippen LogP contribution in [0.5, 0.6) is 0 Å². The van der Waals surface area contributed by atoms with Crippen molar-refractivity contribution in [1.82, 2.24) is 15.1 Å². The summed E-state index contributed by atoms with van der Waals surface area (Å²) >= 11 is 1.92. The number of rotatable bonds is 2. The Morgan fingerprint density at radius 3 is 3.00 bits per heavy atom. The summed E-state index contributed by atoms with van der Waals surface area (Å²) in [6, 6.07) is 10.5. The van der Waals surface area contributed by atoms with Crippen LogP contribution >= 0.6 is 11.8 Å². The average Bonchev–Trinajstić information content (AvgIpc) is 3.18. The Labute approximate surface area is 134 Å². The molecule has 1 aromatic carbocycles. The number of carbonyl (C=O) groups is 1. The van der Waals surface area contributed by atoms with Crippen molar-refractivity contribution >= 4 is 17.7 Å². The third kappa shape index (κ3) is 2.33. The van der Waals surface area contributed by atoms with E-state index in [-0.39, 0.29) is 11.9 Å². The van der Waals surface area contributed by atoms with Crippen LogP contribution in [0.3, 0.4) is 0 Å². The number of amides is 1. The normalized spacial score (nSPS) is 20.9. The van der Waals surface area contributed by atoms with Crippen LogP contribution in [-0.2, 0) is 12.8 Å². The van der Waals surface area contributed by atoms with Crippen LogP contribution in [0.4, 0.5) is 0 Å². The molecule has 4 nitrogen and oxygen atoms in total. The molecule has 1 amide bonds. The number of carbonyl (C=O) groups excluding carboxylic acids is 1. The van der Waals surface area contributed by atoms with Crippen molar-refractivity contribution in [3.63, 3.8) is 0 Å². The molecule has 2 aromatic rings. The van der Waals surface area contributed by atoms with Gasteiger partial charge in [-0.1, -0.05) is 30.3 Å². The maximum Gasteiger partial charge on any atom is 0.275 e. The zero-order valence-corrected chi connectivity index (χ0v) is 13.2. The van der Waals surface area contributed by atoms with Gasteiger partial charge < -0.3 is 4.90 Å². The molecule has 1 fully saturated rings. The lowest BCUT2D eigenvalue weighted by Crippen LogP contribution is -2.41. The quantitative estimate of drug-likeness (QED) is 0.927. The highest BCUT2D eigenvalue weighted by Crippen LogP contribution is 2.32. The van der Waals surface area contributed by atoms with Crippen LogP contribution in [0.15, 0.2) is 30.3 Å². The van der Waals surface area contributed by atoms with Gasteiger partial charge >= 0.3 is 0 Å². The fourth-order valence-corrected chi connectivity index (χ4v) is 4.52. The first-order valence-electron chi connectivity index (χ1n) is 7.84. The molecule has 0 bridgehead atoms. The van der Waals surface area contributed by atoms with E-state index in [2.05, 4.69) is 22.3 Å². The molecule has 0 radical (unpaired) electrons. The second kappa shape index (κ2) is 5.80. The van der Waals surface area contributed by atoms with Crippen molar-refractivity contribution < 1.29 is 4.79 Å².